The lowest BCUT2D eigenvalue weighted by Gasteiger charge is -2.32. The van der Waals surface area contributed by atoms with E-state index in [0.29, 0.717) is 0 Å². The molecule has 4 nitrogen and oxygen atoms in total. The third-order valence-electron chi connectivity index (χ3n) is 4.43. The first-order valence-corrected chi connectivity index (χ1v) is 7.27. The summed E-state index contributed by atoms with van der Waals surface area (Å²) in [6.07, 6.45) is 1.99. The number of aryl methyl sites for hydroxylation is 1. The van der Waals surface area contributed by atoms with Crippen LogP contribution in [0.3, 0.4) is 0 Å². The summed E-state index contributed by atoms with van der Waals surface area (Å²) < 4.78 is 14.2. The van der Waals surface area contributed by atoms with Gasteiger partial charge < -0.3 is 13.9 Å². The molecule has 0 N–H and O–H groups in total. The number of para-hydroxylation sites is 1. The molecule has 0 bridgehead atoms. The SMILES string of the molecule is Cc1nc(B2OC(C)(C)C(C)(C)O2)cn1-c1ccccc1. The lowest BCUT2D eigenvalue weighted by Crippen LogP contribution is -2.41. The van der Waals surface area contributed by atoms with Gasteiger partial charge >= 0.3 is 7.12 Å². The average molecular weight is 284 g/mol. The molecule has 0 atom stereocenters. The zero-order chi connectivity index (χ0) is 15.3. The zero-order valence-corrected chi connectivity index (χ0v) is 13.3. The molecule has 1 aliphatic rings. The van der Waals surface area contributed by atoms with E-state index in [0.717, 1.165) is 17.1 Å². The van der Waals surface area contributed by atoms with E-state index >= 15 is 0 Å². The Morgan fingerprint density at radius 1 is 1.00 bits per heavy atom. The first-order chi connectivity index (χ1) is 9.80. The average Bonchev–Trinajstić information content (AvgIpc) is 2.89. The van der Waals surface area contributed by atoms with Gasteiger partial charge in [0.25, 0.3) is 0 Å². The van der Waals surface area contributed by atoms with E-state index in [-0.39, 0.29) is 11.2 Å². The second-order valence-corrected chi connectivity index (χ2v) is 6.51. The van der Waals surface area contributed by atoms with Gasteiger partial charge in [-0.2, -0.15) is 0 Å². The lowest BCUT2D eigenvalue weighted by atomic mass is 9.86. The van der Waals surface area contributed by atoms with Crippen LogP contribution >= 0.6 is 0 Å². The molecule has 21 heavy (non-hydrogen) atoms. The van der Waals surface area contributed by atoms with Crippen molar-refractivity contribution in [2.45, 2.75) is 45.8 Å². The number of benzene rings is 1. The predicted octanol–water partition coefficient (Wildman–Crippen LogP) is 2.48. The molecule has 0 aliphatic carbocycles. The van der Waals surface area contributed by atoms with Crippen molar-refractivity contribution in [3.05, 3.63) is 42.4 Å². The van der Waals surface area contributed by atoms with Crippen LogP contribution in [0.5, 0.6) is 0 Å². The Hall–Kier alpha value is -1.59. The Morgan fingerprint density at radius 3 is 2.14 bits per heavy atom. The highest BCUT2D eigenvalue weighted by Gasteiger charge is 2.52. The highest BCUT2D eigenvalue weighted by Crippen LogP contribution is 2.36. The third-order valence-corrected chi connectivity index (χ3v) is 4.43. The van der Waals surface area contributed by atoms with Crippen molar-refractivity contribution in [1.82, 2.24) is 9.55 Å². The predicted molar refractivity (Wildman–Crippen MR) is 84.0 cm³/mol. The standard InChI is InChI=1S/C16H21BN2O2/c1-12-18-14(11-19(12)13-9-7-6-8-10-13)17-20-15(2,3)16(4,5)21-17/h6-11H,1-5H3. The third kappa shape index (κ3) is 2.41. The molecule has 0 radical (unpaired) electrons. The zero-order valence-electron chi connectivity index (χ0n) is 13.3. The van der Waals surface area contributed by atoms with Gasteiger partial charge in [0.2, 0.25) is 0 Å². The normalized spacial score (nSPS) is 20.0. The molecule has 3 rings (SSSR count). The summed E-state index contributed by atoms with van der Waals surface area (Å²) in [5.74, 6) is 0.922. The van der Waals surface area contributed by atoms with Crippen molar-refractivity contribution in [2.24, 2.45) is 0 Å². The fourth-order valence-electron chi connectivity index (χ4n) is 2.42. The van der Waals surface area contributed by atoms with Crippen LogP contribution in [-0.4, -0.2) is 27.9 Å². The maximum Gasteiger partial charge on any atom is 0.516 e. The molecule has 0 unspecified atom stereocenters. The van der Waals surface area contributed by atoms with Crippen LogP contribution < -0.4 is 5.59 Å². The van der Waals surface area contributed by atoms with Crippen LogP contribution in [0.15, 0.2) is 36.5 Å². The Labute approximate surface area is 126 Å². The number of imidazole rings is 1. The van der Waals surface area contributed by atoms with Gasteiger partial charge in [-0.3, -0.25) is 0 Å². The lowest BCUT2D eigenvalue weighted by molar-refractivity contribution is 0.00578. The number of hydrogen-bond donors (Lipinski definition) is 0. The van der Waals surface area contributed by atoms with Gasteiger partial charge in [-0.1, -0.05) is 18.2 Å². The van der Waals surface area contributed by atoms with E-state index in [1.54, 1.807) is 0 Å². The number of nitrogens with zero attached hydrogens (tertiary/aromatic N) is 2. The molecule has 0 spiro atoms. The molecule has 1 saturated heterocycles. The molecule has 5 heteroatoms. The van der Waals surface area contributed by atoms with E-state index in [2.05, 4.69) is 21.7 Å². The molecule has 110 valence electrons. The number of rotatable bonds is 2. The van der Waals surface area contributed by atoms with Crippen LogP contribution in [0.1, 0.15) is 33.5 Å². The van der Waals surface area contributed by atoms with Crippen molar-refractivity contribution >= 4 is 12.7 Å². The maximum atomic E-state index is 6.06. The minimum absolute atomic E-state index is 0.345. The van der Waals surface area contributed by atoms with Gasteiger partial charge in [0.05, 0.1) is 16.8 Å². The summed E-state index contributed by atoms with van der Waals surface area (Å²) in [4.78, 5) is 4.61. The summed E-state index contributed by atoms with van der Waals surface area (Å²) in [5, 5.41) is 0. The van der Waals surface area contributed by atoms with Crippen LogP contribution in [0.25, 0.3) is 5.69 Å². The summed E-state index contributed by atoms with van der Waals surface area (Å²) in [6, 6.07) is 10.2. The summed E-state index contributed by atoms with van der Waals surface area (Å²) in [6.45, 7) is 10.2. The highest BCUT2D eigenvalue weighted by molar-refractivity contribution is 6.61. The molecule has 1 aromatic heterocycles. The monoisotopic (exact) mass is 284 g/mol. The molecule has 2 aromatic rings. The molecular weight excluding hydrogens is 263 g/mol. The fraction of sp³-hybridized carbons (Fsp3) is 0.438. The maximum absolute atomic E-state index is 6.06. The van der Waals surface area contributed by atoms with Crippen LogP contribution in [0.4, 0.5) is 0 Å². The largest absolute Gasteiger partial charge is 0.516 e. The van der Waals surface area contributed by atoms with Gasteiger partial charge in [0.15, 0.2) is 0 Å². The second kappa shape index (κ2) is 4.72. The van der Waals surface area contributed by atoms with Gasteiger partial charge in [-0.15, -0.1) is 0 Å². The first kappa shape index (κ1) is 14.4. The Bertz CT molecular complexity index is 634. The van der Waals surface area contributed by atoms with Gasteiger partial charge in [-0.05, 0) is 46.8 Å². The molecule has 1 aliphatic heterocycles. The molecule has 2 heterocycles. The number of aromatic nitrogens is 2. The summed E-state index contributed by atoms with van der Waals surface area (Å²) >= 11 is 0. The van der Waals surface area contributed by atoms with Gasteiger partial charge in [0.1, 0.15) is 5.82 Å². The quantitative estimate of drug-likeness (QED) is 0.795. The van der Waals surface area contributed by atoms with Gasteiger partial charge in [-0.25, -0.2) is 4.98 Å². The summed E-state index contributed by atoms with van der Waals surface area (Å²) in [5.41, 5.74) is 1.21. The molecule has 0 amide bonds. The van der Waals surface area contributed by atoms with Gasteiger partial charge in [0, 0.05) is 11.9 Å². The molecule has 1 aromatic carbocycles. The van der Waals surface area contributed by atoms with Crippen LogP contribution in [0, 0.1) is 6.92 Å². The Kier molecular flexibility index (Phi) is 3.22. The second-order valence-electron chi connectivity index (χ2n) is 6.51. The Balaban J connectivity index is 1.93. The van der Waals surface area contributed by atoms with Crippen LogP contribution in [-0.2, 0) is 9.31 Å². The Morgan fingerprint density at radius 2 is 1.57 bits per heavy atom. The van der Waals surface area contributed by atoms with E-state index < -0.39 is 7.12 Å². The minimum atomic E-state index is -0.418. The van der Waals surface area contributed by atoms with E-state index in [1.165, 1.54) is 0 Å². The van der Waals surface area contributed by atoms with Crippen molar-refractivity contribution in [1.29, 1.82) is 0 Å². The topological polar surface area (TPSA) is 36.3 Å². The first-order valence-electron chi connectivity index (χ1n) is 7.27. The van der Waals surface area contributed by atoms with Crippen molar-refractivity contribution in [3.8, 4) is 5.69 Å². The van der Waals surface area contributed by atoms with Crippen molar-refractivity contribution in [2.75, 3.05) is 0 Å². The molecule has 0 saturated carbocycles. The minimum Gasteiger partial charge on any atom is -0.398 e. The van der Waals surface area contributed by atoms with E-state index in [4.69, 9.17) is 9.31 Å². The number of hydrogen-bond acceptors (Lipinski definition) is 3. The van der Waals surface area contributed by atoms with Crippen molar-refractivity contribution < 1.29 is 9.31 Å². The van der Waals surface area contributed by atoms with Crippen LogP contribution in [0.2, 0.25) is 0 Å². The van der Waals surface area contributed by atoms with Crippen molar-refractivity contribution in [3.63, 3.8) is 0 Å². The van der Waals surface area contributed by atoms with E-state index in [9.17, 15) is 0 Å². The molecule has 1 fully saturated rings. The highest BCUT2D eigenvalue weighted by atomic mass is 16.7. The summed E-state index contributed by atoms with van der Waals surface area (Å²) in [7, 11) is -0.418. The smallest absolute Gasteiger partial charge is 0.398 e. The fourth-order valence-corrected chi connectivity index (χ4v) is 2.42. The van der Waals surface area contributed by atoms with E-state index in [1.807, 2.05) is 59.0 Å². The molecular formula is C16H21BN2O2.